The van der Waals surface area contributed by atoms with Crippen molar-refractivity contribution in [1.29, 1.82) is 0 Å². The van der Waals surface area contributed by atoms with E-state index in [-0.39, 0.29) is 5.69 Å². The van der Waals surface area contributed by atoms with E-state index in [4.69, 9.17) is 0 Å². The first-order valence-electron chi connectivity index (χ1n) is 6.23. The lowest BCUT2D eigenvalue weighted by molar-refractivity contribution is 1.02. The summed E-state index contributed by atoms with van der Waals surface area (Å²) in [6, 6.07) is 13.3. The van der Waals surface area contributed by atoms with Crippen molar-refractivity contribution < 1.29 is 0 Å². The van der Waals surface area contributed by atoms with Crippen LogP contribution in [-0.2, 0) is 0 Å². The van der Waals surface area contributed by atoms with E-state index in [2.05, 4.69) is 15.0 Å². The molecular formula is C15H10N4O. The molecule has 20 heavy (non-hydrogen) atoms. The van der Waals surface area contributed by atoms with E-state index in [0.717, 1.165) is 27.6 Å². The smallest absolute Gasteiger partial charge is 0.305 e. The lowest BCUT2D eigenvalue weighted by atomic mass is 10.2. The number of aromatic amines is 1. The van der Waals surface area contributed by atoms with Crippen LogP contribution in [0.25, 0.3) is 27.6 Å². The molecule has 5 heteroatoms. The molecule has 0 fully saturated rings. The van der Waals surface area contributed by atoms with Gasteiger partial charge in [-0.2, -0.15) is 0 Å². The Morgan fingerprint density at radius 2 is 2.00 bits per heavy atom. The van der Waals surface area contributed by atoms with Gasteiger partial charge in [-0.1, -0.05) is 12.1 Å². The second kappa shape index (κ2) is 4.03. The van der Waals surface area contributed by atoms with Crippen LogP contribution in [0, 0.1) is 0 Å². The van der Waals surface area contributed by atoms with Crippen molar-refractivity contribution in [3.63, 3.8) is 0 Å². The first kappa shape index (κ1) is 10.9. The number of nitrogens with one attached hydrogen (secondary N) is 1. The predicted molar refractivity (Wildman–Crippen MR) is 77.0 cm³/mol. The van der Waals surface area contributed by atoms with Crippen LogP contribution in [0.15, 0.2) is 59.8 Å². The molecule has 5 nitrogen and oxygen atoms in total. The first-order chi connectivity index (χ1) is 9.83. The third-order valence-corrected chi connectivity index (χ3v) is 3.34. The van der Waals surface area contributed by atoms with Crippen LogP contribution in [0.5, 0.6) is 0 Å². The van der Waals surface area contributed by atoms with E-state index in [0.29, 0.717) is 0 Å². The van der Waals surface area contributed by atoms with Crippen LogP contribution in [0.4, 0.5) is 0 Å². The van der Waals surface area contributed by atoms with E-state index < -0.39 is 0 Å². The summed E-state index contributed by atoms with van der Waals surface area (Å²) >= 11 is 0. The molecule has 0 radical (unpaired) electrons. The average molecular weight is 262 g/mol. The number of H-pyrrole nitrogens is 1. The Kier molecular flexibility index (Phi) is 2.20. The fraction of sp³-hybridized carbons (Fsp3) is 0. The Morgan fingerprint density at radius 1 is 1.10 bits per heavy atom. The summed E-state index contributed by atoms with van der Waals surface area (Å²) in [5.41, 5.74) is 3.18. The number of imidazole rings is 1. The Balaban J connectivity index is 2.06. The number of rotatable bonds is 1. The zero-order valence-electron chi connectivity index (χ0n) is 10.4. The highest BCUT2D eigenvalue weighted by Gasteiger charge is 2.08. The van der Waals surface area contributed by atoms with Crippen LogP contribution in [0.1, 0.15) is 0 Å². The standard InChI is InChI=1S/C15H10N4O/c20-15-18-13-3-1-2-4-14(13)19(15)11-5-6-12-10(7-11)8-16-9-17-12/h1-9H,(H,18,20). The molecule has 1 N–H and O–H groups in total. The van der Waals surface area contributed by atoms with Gasteiger partial charge in [-0.05, 0) is 30.3 Å². The second-order valence-corrected chi connectivity index (χ2v) is 4.55. The molecule has 0 saturated heterocycles. The number of fused-ring (bicyclic) bond motifs is 2. The number of aromatic nitrogens is 4. The van der Waals surface area contributed by atoms with E-state index in [1.54, 1.807) is 10.8 Å². The molecule has 0 unspecified atom stereocenters. The topological polar surface area (TPSA) is 63.6 Å². The summed E-state index contributed by atoms with van der Waals surface area (Å²) in [6.45, 7) is 0. The van der Waals surface area contributed by atoms with E-state index >= 15 is 0 Å². The predicted octanol–water partition coefficient (Wildman–Crippen LogP) is 2.26. The van der Waals surface area contributed by atoms with Gasteiger partial charge in [-0.25, -0.2) is 14.8 Å². The zero-order chi connectivity index (χ0) is 13.5. The van der Waals surface area contributed by atoms with Gasteiger partial charge in [0.1, 0.15) is 6.33 Å². The number of nitrogens with zero attached hydrogens (tertiary/aromatic N) is 3. The van der Waals surface area contributed by atoms with Gasteiger partial charge < -0.3 is 4.98 Å². The van der Waals surface area contributed by atoms with E-state index in [1.165, 1.54) is 6.33 Å². The molecular weight excluding hydrogens is 252 g/mol. The summed E-state index contributed by atoms with van der Waals surface area (Å²) in [6.07, 6.45) is 3.26. The number of hydrogen-bond acceptors (Lipinski definition) is 3. The zero-order valence-corrected chi connectivity index (χ0v) is 10.4. The molecule has 4 rings (SSSR count). The minimum atomic E-state index is -0.151. The number of para-hydroxylation sites is 2. The Hall–Kier alpha value is -2.95. The maximum absolute atomic E-state index is 12.2. The SMILES string of the molecule is O=c1[nH]c2ccccc2n1-c1ccc2ncncc2c1. The second-order valence-electron chi connectivity index (χ2n) is 4.55. The molecule has 96 valence electrons. The molecule has 2 heterocycles. The first-order valence-corrected chi connectivity index (χ1v) is 6.23. The maximum Gasteiger partial charge on any atom is 0.331 e. The summed E-state index contributed by atoms with van der Waals surface area (Å²) < 4.78 is 1.65. The Bertz CT molecular complexity index is 984. The Morgan fingerprint density at radius 3 is 2.95 bits per heavy atom. The van der Waals surface area contributed by atoms with Gasteiger partial charge in [0.25, 0.3) is 0 Å². The van der Waals surface area contributed by atoms with Crippen LogP contribution in [0.2, 0.25) is 0 Å². The number of hydrogen-bond donors (Lipinski definition) is 1. The fourth-order valence-electron chi connectivity index (χ4n) is 2.42. The lowest BCUT2D eigenvalue weighted by Gasteiger charge is -2.04. The molecule has 0 bridgehead atoms. The van der Waals surface area contributed by atoms with Crippen molar-refractivity contribution in [2.24, 2.45) is 0 Å². The molecule has 2 aromatic heterocycles. The molecule has 0 spiro atoms. The van der Waals surface area contributed by atoms with Gasteiger partial charge in [0.15, 0.2) is 0 Å². The van der Waals surface area contributed by atoms with Gasteiger partial charge in [0.2, 0.25) is 0 Å². The fourth-order valence-corrected chi connectivity index (χ4v) is 2.42. The largest absolute Gasteiger partial charge is 0.331 e. The van der Waals surface area contributed by atoms with Gasteiger partial charge in [0.05, 0.1) is 22.2 Å². The van der Waals surface area contributed by atoms with Gasteiger partial charge in [-0.3, -0.25) is 4.57 Å². The van der Waals surface area contributed by atoms with Gasteiger partial charge in [0, 0.05) is 11.6 Å². The van der Waals surface area contributed by atoms with Crippen molar-refractivity contribution in [2.45, 2.75) is 0 Å². The molecule has 0 amide bonds. The number of benzene rings is 2. The maximum atomic E-state index is 12.2. The van der Waals surface area contributed by atoms with Crippen molar-refractivity contribution in [3.8, 4) is 5.69 Å². The van der Waals surface area contributed by atoms with Crippen LogP contribution >= 0.6 is 0 Å². The molecule has 0 aliphatic carbocycles. The normalized spacial score (nSPS) is 11.2. The lowest BCUT2D eigenvalue weighted by Crippen LogP contribution is -2.14. The van der Waals surface area contributed by atoms with Crippen molar-refractivity contribution >= 4 is 21.9 Å². The quantitative estimate of drug-likeness (QED) is 0.572. The summed E-state index contributed by atoms with van der Waals surface area (Å²) in [5, 5.41) is 0.905. The van der Waals surface area contributed by atoms with Crippen LogP contribution in [0.3, 0.4) is 0 Å². The molecule has 0 atom stereocenters. The molecule has 0 aliphatic heterocycles. The molecule has 2 aromatic carbocycles. The average Bonchev–Trinajstić information content (AvgIpc) is 2.82. The Labute approximate surface area is 113 Å². The minimum absolute atomic E-state index is 0.151. The highest BCUT2D eigenvalue weighted by Crippen LogP contribution is 2.18. The summed E-state index contributed by atoms with van der Waals surface area (Å²) in [5.74, 6) is 0. The minimum Gasteiger partial charge on any atom is -0.305 e. The van der Waals surface area contributed by atoms with E-state index in [9.17, 15) is 4.79 Å². The highest BCUT2D eigenvalue weighted by molar-refractivity contribution is 5.82. The van der Waals surface area contributed by atoms with Crippen molar-refractivity contribution in [2.75, 3.05) is 0 Å². The van der Waals surface area contributed by atoms with Crippen LogP contribution in [-0.4, -0.2) is 19.5 Å². The molecule has 0 aliphatic rings. The molecule has 4 aromatic rings. The van der Waals surface area contributed by atoms with Crippen molar-refractivity contribution in [1.82, 2.24) is 19.5 Å². The van der Waals surface area contributed by atoms with Crippen LogP contribution < -0.4 is 5.69 Å². The van der Waals surface area contributed by atoms with Gasteiger partial charge >= 0.3 is 5.69 Å². The highest BCUT2D eigenvalue weighted by atomic mass is 16.1. The molecule has 0 saturated carbocycles. The van der Waals surface area contributed by atoms with Crippen molar-refractivity contribution in [3.05, 3.63) is 65.5 Å². The summed E-state index contributed by atoms with van der Waals surface area (Å²) in [7, 11) is 0. The van der Waals surface area contributed by atoms with E-state index in [1.807, 2.05) is 42.5 Å². The van der Waals surface area contributed by atoms with Gasteiger partial charge in [-0.15, -0.1) is 0 Å². The summed E-state index contributed by atoms with van der Waals surface area (Å²) in [4.78, 5) is 23.2. The monoisotopic (exact) mass is 262 g/mol. The third kappa shape index (κ3) is 1.53. The third-order valence-electron chi connectivity index (χ3n) is 3.34.